The first-order chi connectivity index (χ1) is 19.6. The molecule has 0 spiro atoms. The fourth-order valence-corrected chi connectivity index (χ4v) is 6.27. The quantitative estimate of drug-likeness (QED) is 0.359. The fourth-order valence-electron chi connectivity index (χ4n) is 5.65. The van der Waals surface area contributed by atoms with Gasteiger partial charge in [-0.25, -0.2) is 4.98 Å². The van der Waals surface area contributed by atoms with E-state index < -0.39 is 0 Å². The second-order valence-corrected chi connectivity index (χ2v) is 11.2. The molecule has 0 unspecified atom stereocenters. The lowest BCUT2D eigenvalue weighted by Crippen LogP contribution is -2.54. The molecule has 2 saturated heterocycles. The van der Waals surface area contributed by atoms with Crippen molar-refractivity contribution in [3.05, 3.63) is 88.9 Å². The number of aromatic nitrogens is 3. The van der Waals surface area contributed by atoms with Gasteiger partial charge in [-0.15, -0.1) is 5.10 Å². The smallest absolute Gasteiger partial charge is 0.267 e. The van der Waals surface area contributed by atoms with Crippen molar-refractivity contribution < 1.29 is 9.59 Å². The number of rotatable bonds is 5. The predicted molar refractivity (Wildman–Crippen MR) is 156 cm³/mol. The van der Waals surface area contributed by atoms with Gasteiger partial charge in [-0.3, -0.25) is 14.5 Å². The number of hydrogen-bond donors (Lipinski definition) is 0. The van der Waals surface area contributed by atoms with Crippen molar-refractivity contribution in [1.82, 2.24) is 29.3 Å². The molecule has 4 aromatic rings. The maximum Gasteiger partial charge on any atom is 0.267 e. The zero-order valence-corrected chi connectivity index (χ0v) is 23.4. The number of piperidine rings is 1. The molecule has 8 nitrogen and oxygen atoms in total. The number of carbonyl (C=O) groups is 2. The third-order valence-corrected chi connectivity index (χ3v) is 8.74. The van der Waals surface area contributed by atoms with Gasteiger partial charge in [-0.1, -0.05) is 65.2 Å². The van der Waals surface area contributed by atoms with Crippen LogP contribution in [0.3, 0.4) is 0 Å². The summed E-state index contributed by atoms with van der Waals surface area (Å²) in [6.07, 6.45) is 1.88. The van der Waals surface area contributed by atoms with E-state index in [9.17, 15) is 9.59 Å². The van der Waals surface area contributed by atoms with Crippen molar-refractivity contribution in [2.24, 2.45) is 0 Å². The third-order valence-electron chi connectivity index (χ3n) is 7.93. The Morgan fingerprint density at radius 2 is 1.30 bits per heavy atom. The van der Waals surface area contributed by atoms with Crippen LogP contribution in [0.2, 0.25) is 0 Å². The van der Waals surface area contributed by atoms with Crippen molar-refractivity contribution in [3.8, 4) is 22.5 Å². The Balaban J connectivity index is 1.11. The highest BCUT2D eigenvalue weighted by atomic mass is 32.1. The molecule has 2 amide bonds. The van der Waals surface area contributed by atoms with Crippen LogP contribution in [0.4, 0.5) is 0 Å². The summed E-state index contributed by atoms with van der Waals surface area (Å²) in [5.74, 6) is 0.0915. The molecule has 0 atom stereocenters. The summed E-state index contributed by atoms with van der Waals surface area (Å²) in [6.45, 7) is 6.36. The Morgan fingerprint density at radius 3 is 1.82 bits per heavy atom. The van der Waals surface area contributed by atoms with E-state index in [1.54, 1.807) is 0 Å². The summed E-state index contributed by atoms with van der Waals surface area (Å²) in [5, 5.41) is 3.98. The molecule has 204 valence electrons. The Hall–Kier alpha value is -3.95. The van der Waals surface area contributed by atoms with E-state index in [0.29, 0.717) is 35.3 Å². The number of likely N-dealkylation sites (tertiary alicyclic amines) is 1. The maximum atomic E-state index is 13.7. The first-order valence-electron chi connectivity index (χ1n) is 13.8. The normalized spacial score (nSPS) is 16.7. The molecule has 40 heavy (non-hydrogen) atoms. The molecule has 0 radical (unpaired) electrons. The Morgan fingerprint density at radius 1 is 0.750 bits per heavy atom. The molecule has 0 N–H and O–H groups in total. The van der Waals surface area contributed by atoms with Gasteiger partial charge in [-0.2, -0.15) is 0 Å². The van der Waals surface area contributed by atoms with Crippen molar-refractivity contribution >= 4 is 23.3 Å². The summed E-state index contributed by atoms with van der Waals surface area (Å²) < 4.78 is 3.91. The molecule has 0 saturated carbocycles. The number of piperazine rings is 1. The highest BCUT2D eigenvalue weighted by molar-refractivity contribution is 7.07. The lowest BCUT2D eigenvalue weighted by molar-refractivity contribution is 0.0413. The van der Waals surface area contributed by atoms with Crippen LogP contribution in [0.25, 0.3) is 22.5 Å². The molecular formula is C31H32N6O2S. The van der Waals surface area contributed by atoms with Crippen LogP contribution in [0.15, 0.2) is 72.8 Å². The van der Waals surface area contributed by atoms with Crippen LogP contribution in [-0.2, 0) is 0 Å². The minimum Gasteiger partial charge on any atom is -0.338 e. The minimum absolute atomic E-state index is 0.0449. The third kappa shape index (κ3) is 5.52. The van der Waals surface area contributed by atoms with Gasteiger partial charge >= 0.3 is 0 Å². The Kier molecular flexibility index (Phi) is 7.66. The van der Waals surface area contributed by atoms with E-state index in [1.165, 1.54) is 11.5 Å². The van der Waals surface area contributed by atoms with E-state index >= 15 is 0 Å². The number of nitrogens with zero attached hydrogens (tertiary/aromatic N) is 6. The van der Waals surface area contributed by atoms with Crippen LogP contribution in [0.1, 0.15) is 38.6 Å². The van der Waals surface area contributed by atoms with E-state index in [1.807, 2.05) is 89.5 Å². The van der Waals surface area contributed by atoms with E-state index in [-0.39, 0.29) is 11.8 Å². The molecule has 4 heterocycles. The van der Waals surface area contributed by atoms with Gasteiger partial charge in [-0.05, 0) is 43.4 Å². The number of benzene rings is 2. The van der Waals surface area contributed by atoms with Gasteiger partial charge in [0.05, 0.1) is 17.1 Å². The number of hydrogen-bond acceptors (Lipinski definition) is 7. The van der Waals surface area contributed by atoms with Gasteiger partial charge in [0, 0.05) is 62.0 Å². The molecule has 2 aliphatic heterocycles. The standard InChI is InChI=1S/C31H32N6O2S/c1-22-29(40-34-33-22)31(39)36-14-12-26(13-15-36)35-16-18-37(19-17-35)30(38)25-20-27(23-8-4-2-5-9-23)32-28(21-25)24-10-6-3-7-11-24/h2-11,20-21,26H,12-19H2,1H3. The Labute approximate surface area is 238 Å². The van der Waals surface area contributed by atoms with Gasteiger partial charge in [0.1, 0.15) is 4.88 Å². The molecule has 6 rings (SSSR count). The van der Waals surface area contributed by atoms with E-state index in [0.717, 1.165) is 61.5 Å². The van der Waals surface area contributed by atoms with Crippen LogP contribution in [0, 0.1) is 6.92 Å². The average Bonchev–Trinajstić information content (AvgIpc) is 3.46. The molecule has 0 aliphatic carbocycles. The van der Waals surface area contributed by atoms with Gasteiger partial charge in [0.15, 0.2) is 0 Å². The second-order valence-electron chi connectivity index (χ2n) is 10.4. The number of pyridine rings is 1. The number of aryl methyl sites for hydroxylation is 1. The van der Waals surface area contributed by atoms with E-state index in [2.05, 4.69) is 14.5 Å². The van der Waals surface area contributed by atoms with Gasteiger partial charge < -0.3 is 9.80 Å². The van der Waals surface area contributed by atoms with Crippen LogP contribution < -0.4 is 0 Å². The zero-order chi connectivity index (χ0) is 27.5. The highest BCUT2D eigenvalue weighted by Crippen LogP contribution is 2.27. The summed E-state index contributed by atoms with van der Waals surface area (Å²) in [7, 11) is 0. The molecule has 9 heteroatoms. The number of carbonyl (C=O) groups excluding carboxylic acids is 2. The lowest BCUT2D eigenvalue weighted by atomic mass is 10.0. The SMILES string of the molecule is Cc1nnsc1C(=O)N1CCC(N2CCN(C(=O)c3cc(-c4ccccc4)nc(-c4ccccc4)c3)CC2)CC1. The van der Waals surface area contributed by atoms with Gasteiger partial charge in [0.2, 0.25) is 0 Å². The van der Waals surface area contributed by atoms with Crippen molar-refractivity contribution in [1.29, 1.82) is 0 Å². The van der Waals surface area contributed by atoms with Crippen molar-refractivity contribution in [3.63, 3.8) is 0 Å². The monoisotopic (exact) mass is 552 g/mol. The zero-order valence-electron chi connectivity index (χ0n) is 22.6. The second kappa shape index (κ2) is 11.7. The van der Waals surface area contributed by atoms with Gasteiger partial charge in [0.25, 0.3) is 11.8 Å². The predicted octanol–water partition coefficient (Wildman–Crippen LogP) is 4.64. The topological polar surface area (TPSA) is 82.5 Å². The maximum absolute atomic E-state index is 13.7. The highest BCUT2D eigenvalue weighted by Gasteiger charge is 2.32. The van der Waals surface area contributed by atoms with Crippen LogP contribution >= 0.6 is 11.5 Å². The lowest BCUT2D eigenvalue weighted by Gasteiger charge is -2.42. The molecule has 0 bridgehead atoms. The molecule has 2 aromatic carbocycles. The summed E-state index contributed by atoms with van der Waals surface area (Å²) in [4.78, 5) is 38.5. The van der Waals surface area contributed by atoms with Crippen LogP contribution in [-0.4, -0.2) is 86.4 Å². The molecular weight excluding hydrogens is 520 g/mol. The summed E-state index contributed by atoms with van der Waals surface area (Å²) >= 11 is 1.18. The number of amides is 2. The van der Waals surface area contributed by atoms with Crippen LogP contribution in [0.5, 0.6) is 0 Å². The van der Waals surface area contributed by atoms with E-state index in [4.69, 9.17) is 4.98 Å². The fraction of sp³-hybridized carbons (Fsp3) is 0.323. The summed E-state index contributed by atoms with van der Waals surface area (Å²) in [5.41, 5.74) is 4.96. The largest absolute Gasteiger partial charge is 0.338 e. The first-order valence-corrected chi connectivity index (χ1v) is 14.6. The minimum atomic E-state index is 0.0449. The molecule has 2 fully saturated rings. The summed E-state index contributed by atoms with van der Waals surface area (Å²) in [6, 6.07) is 24.3. The Bertz CT molecular complexity index is 1420. The molecule has 2 aromatic heterocycles. The first kappa shape index (κ1) is 26.3. The van der Waals surface area contributed by atoms with Crippen molar-refractivity contribution in [2.45, 2.75) is 25.8 Å². The molecule has 2 aliphatic rings. The van der Waals surface area contributed by atoms with Crippen molar-refractivity contribution in [2.75, 3.05) is 39.3 Å². The average molecular weight is 553 g/mol.